The van der Waals surface area contributed by atoms with Crippen LogP contribution in [0.4, 0.5) is 5.69 Å². The van der Waals surface area contributed by atoms with Crippen molar-refractivity contribution in [2.45, 2.75) is 0 Å². The van der Waals surface area contributed by atoms with Crippen LogP contribution >= 0.6 is 23.8 Å². The number of amides is 1. The van der Waals surface area contributed by atoms with Gasteiger partial charge >= 0.3 is 0 Å². The van der Waals surface area contributed by atoms with E-state index in [0.29, 0.717) is 10.7 Å². The third-order valence-corrected chi connectivity index (χ3v) is 2.73. The summed E-state index contributed by atoms with van der Waals surface area (Å²) in [6.45, 7) is 0. The average Bonchev–Trinajstić information content (AvgIpc) is 2.79. The van der Waals surface area contributed by atoms with E-state index < -0.39 is 0 Å². The van der Waals surface area contributed by atoms with Crippen LogP contribution in [0.1, 0.15) is 10.5 Å². The molecule has 0 radical (unpaired) electrons. The molecule has 1 amide bonds. The van der Waals surface area contributed by atoms with Crippen molar-refractivity contribution >= 4 is 40.5 Å². The molecular formula is C12H11ClN4OS. The molecule has 0 saturated heterocycles. The maximum absolute atomic E-state index is 11.8. The summed E-state index contributed by atoms with van der Waals surface area (Å²) in [4.78, 5) is 11.8. The predicted octanol–water partition coefficient (Wildman–Crippen LogP) is 2.20. The van der Waals surface area contributed by atoms with E-state index >= 15 is 0 Å². The van der Waals surface area contributed by atoms with Crippen LogP contribution < -0.4 is 10.6 Å². The standard InChI is InChI=1S/C12H11ClN4OS/c1-17-7-6-10(16-17)11(18)15-12(19)14-9-4-2-8(13)3-5-9/h2-7H,1H3,(H2,14,15,18,19). The largest absolute Gasteiger partial charge is 0.332 e. The summed E-state index contributed by atoms with van der Waals surface area (Å²) in [5.41, 5.74) is 1.05. The van der Waals surface area contributed by atoms with Gasteiger partial charge < -0.3 is 5.32 Å². The second-order valence-corrected chi connectivity index (χ2v) is 4.63. The van der Waals surface area contributed by atoms with Crippen molar-refractivity contribution < 1.29 is 4.79 Å². The van der Waals surface area contributed by atoms with Gasteiger partial charge in [0.05, 0.1) is 0 Å². The maximum Gasteiger partial charge on any atom is 0.277 e. The van der Waals surface area contributed by atoms with Gasteiger partial charge in [-0.1, -0.05) is 11.6 Å². The van der Waals surface area contributed by atoms with E-state index in [4.69, 9.17) is 23.8 Å². The fourth-order valence-corrected chi connectivity index (χ4v) is 1.74. The van der Waals surface area contributed by atoms with E-state index in [2.05, 4.69) is 15.7 Å². The zero-order valence-corrected chi connectivity index (χ0v) is 11.6. The summed E-state index contributed by atoms with van der Waals surface area (Å²) in [6.07, 6.45) is 1.69. The van der Waals surface area contributed by atoms with Gasteiger partial charge in [-0.15, -0.1) is 0 Å². The van der Waals surface area contributed by atoms with Crippen LogP contribution in [0.15, 0.2) is 36.5 Å². The molecule has 0 fully saturated rings. The summed E-state index contributed by atoms with van der Waals surface area (Å²) < 4.78 is 1.55. The molecule has 1 aromatic carbocycles. The summed E-state index contributed by atoms with van der Waals surface area (Å²) in [5, 5.41) is 10.2. The van der Waals surface area contributed by atoms with Gasteiger partial charge in [0.1, 0.15) is 0 Å². The molecule has 0 aliphatic carbocycles. The Bertz CT molecular complexity index is 608. The lowest BCUT2D eigenvalue weighted by Gasteiger charge is -2.08. The number of benzene rings is 1. The normalized spacial score (nSPS) is 10.0. The van der Waals surface area contributed by atoms with Crippen LogP contribution in [0.25, 0.3) is 0 Å². The minimum atomic E-state index is -0.355. The molecule has 0 aliphatic heterocycles. The zero-order chi connectivity index (χ0) is 13.8. The Balaban J connectivity index is 1.94. The molecule has 2 N–H and O–H groups in total. The number of carbonyl (C=O) groups is 1. The molecule has 1 aromatic heterocycles. The van der Waals surface area contributed by atoms with Crippen molar-refractivity contribution in [3.05, 3.63) is 47.2 Å². The summed E-state index contributed by atoms with van der Waals surface area (Å²) in [6, 6.07) is 8.60. The number of rotatable bonds is 2. The monoisotopic (exact) mass is 294 g/mol. The van der Waals surface area contributed by atoms with E-state index in [1.807, 2.05) is 0 Å². The lowest BCUT2D eigenvalue weighted by molar-refractivity contribution is 0.0972. The van der Waals surface area contributed by atoms with Crippen molar-refractivity contribution in [1.82, 2.24) is 15.1 Å². The number of nitrogens with zero attached hydrogens (tertiary/aromatic N) is 2. The number of hydrogen-bond acceptors (Lipinski definition) is 3. The first-order valence-electron chi connectivity index (χ1n) is 5.42. The van der Waals surface area contributed by atoms with Gasteiger partial charge in [0.15, 0.2) is 10.8 Å². The molecule has 1 heterocycles. The molecule has 2 aromatic rings. The Morgan fingerprint density at radius 2 is 2.00 bits per heavy atom. The fourth-order valence-electron chi connectivity index (χ4n) is 1.40. The molecule has 0 bridgehead atoms. The molecule has 0 aliphatic rings. The summed E-state index contributed by atoms with van der Waals surface area (Å²) in [5.74, 6) is -0.355. The van der Waals surface area contributed by atoms with Gasteiger partial charge in [0.25, 0.3) is 5.91 Å². The van der Waals surface area contributed by atoms with E-state index in [-0.39, 0.29) is 11.0 Å². The van der Waals surface area contributed by atoms with Crippen LogP contribution in [0.3, 0.4) is 0 Å². The Kier molecular flexibility index (Phi) is 4.13. The van der Waals surface area contributed by atoms with Crippen molar-refractivity contribution in [1.29, 1.82) is 0 Å². The second-order valence-electron chi connectivity index (χ2n) is 3.79. The van der Waals surface area contributed by atoms with Gasteiger partial charge in [0.2, 0.25) is 0 Å². The summed E-state index contributed by atoms with van der Waals surface area (Å²) >= 11 is 10.8. The minimum absolute atomic E-state index is 0.206. The first-order valence-corrected chi connectivity index (χ1v) is 6.21. The molecular weight excluding hydrogens is 284 g/mol. The number of anilines is 1. The van der Waals surface area contributed by atoms with E-state index in [9.17, 15) is 4.79 Å². The van der Waals surface area contributed by atoms with Gasteiger partial charge in [0, 0.05) is 24.0 Å². The molecule has 7 heteroatoms. The van der Waals surface area contributed by atoms with Gasteiger partial charge in [-0.3, -0.25) is 14.8 Å². The van der Waals surface area contributed by atoms with Crippen molar-refractivity contribution in [3.63, 3.8) is 0 Å². The second kappa shape index (κ2) is 5.81. The Labute approximate surface area is 120 Å². The number of hydrogen-bond donors (Lipinski definition) is 2. The number of thiocarbonyl (C=S) groups is 1. The molecule has 0 spiro atoms. The lowest BCUT2D eigenvalue weighted by Crippen LogP contribution is -2.34. The zero-order valence-electron chi connectivity index (χ0n) is 10.1. The van der Waals surface area contributed by atoms with Crippen molar-refractivity contribution in [2.24, 2.45) is 7.05 Å². The summed E-state index contributed by atoms with van der Waals surface area (Å²) in [7, 11) is 1.74. The Morgan fingerprint density at radius 3 is 2.58 bits per heavy atom. The number of aromatic nitrogens is 2. The van der Waals surface area contributed by atoms with Crippen molar-refractivity contribution in [2.75, 3.05) is 5.32 Å². The molecule has 0 unspecified atom stereocenters. The molecule has 0 atom stereocenters. The highest BCUT2D eigenvalue weighted by Gasteiger charge is 2.10. The topological polar surface area (TPSA) is 59.0 Å². The SMILES string of the molecule is Cn1ccc(C(=O)NC(=S)Nc2ccc(Cl)cc2)n1. The maximum atomic E-state index is 11.8. The number of nitrogens with one attached hydrogen (secondary N) is 2. The van der Waals surface area contributed by atoms with E-state index in [0.717, 1.165) is 5.69 Å². The fraction of sp³-hybridized carbons (Fsp3) is 0.0833. The third-order valence-electron chi connectivity index (χ3n) is 2.28. The quantitative estimate of drug-likeness (QED) is 0.834. The highest BCUT2D eigenvalue weighted by Crippen LogP contribution is 2.13. The smallest absolute Gasteiger partial charge is 0.277 e. The number of halogens is 1. The number of carbonyl (C=O) groups excluding carboxylic acids is 1. The van der Waals surface area contributed by atoms with Gasteiger partial charge in [-0.2, -0.15) is 5.10 Å². The molecule has 0 saturated carbocycles. The lowest BCUT2D eigenvalue weighted by atomic mass is 10.3. The highest BCUT2D eigenvalue weighted by molar-refractivity contribution is 7.80. The van der Waals surface area contributed by atoms with Crippen LogP contribution in [0.5, 0.6) is 0 Å². The first kappa shape index (κ1) is 13.5. The minimum Gasteiger partial charge on any atom is -0.332 e. The Hall–Kier alpha value is -1.92. The molecule has 2 rings (SSSR count). The third kappa shape index (κ3) is 3.77. The molecule has 98 valence electrons. The van der Waals surface area contributed by atoms with Crippen LogP contribution in [0.2, 0.25) is 5.02 Å². The van der Waals surface area contributed by atoms with Crippen LogP contribution in [-0.4, -0.2) is 20.8 Å². The van der Waals surface area contributed by atoms with Crippen molar-refractivity contribution in [3.8, 4) is 0 Å². The Morgan fingerprint density at radius 1 is 1.32 bits per heavy atom. The first-order chi connectivity index (χ1) is 9.04. The van der Waals surface area contributed by atoms with E-state index in [1.54, 1.807) is 48.3 Å². The van der Waals surface area contributed by atoms with Crippen LogP contribution in [0, 0.1) is 0 Å². The average molecular weight is 295 g/mol. The van der Waals surface area contributed by atoms with Gasteiger partial charge in [-0.05, 0) is 42.5 Å². The van der Waals surface area contributed by atoms with Crippen LogP contribution in [-0.2, 0) is 7.05 Å². The van der Waals surface area contributed by atoms with Gasteiger partial charge in [-0.25, -0.2) is 0 Å². The molecule has 19 heavy (non-hydrogen) atoms. The van der Waals surface area contributed by atoms with E-state index in [1.165, 1.54) is 0 Å². The molecule has 5 nitrogen and oxygen atoms in total. The predicted molar refractivity (Wildman–Crippen MR) is 78.3 cm³/mol. The number of aryl methyl sites for hydroxylation is 1. The highest BCUT2D eigenvalue weighted by atomic mass is 35.5.